The zero-order valence-electron chi connectivity index (χ0n) is 20.2. The Labute approximate surface area is 204 Å². The summed E-state index contributed by atoms with van der Waals surface area (Å²) in [5.41, 5.74) is 1.02. The predicted molar refractivity (Wildman–Crippen MR) is 134 cm³/mol. The Bertz CT molecular complexity index is 1270. The molecule has 2 heterocycles. The van der Waals surface area contributed by atoms with Crippen LogP contribution in [0.5, 0.6) is 0 Å². The number of halogens is 1. The van der Waals surface area contributed by atoms with Crippen molar-refractivity contribution in [2.24, 2.45) is 5.41 Å². The van der Waals surface area contributed by atoms with Gasteiger partial charge in [0, 0.05) is 15.9 Å². The second-order valence-electron chi connectivity index (χ2n) is 10.8. The van der Waals surface area contributed by atoms with Crippen molar-refractivity contribution >= 4 is 40.2 Å². The lowest BCUT2D eigenvalue weighted by Gasteiger charge is -2.38. The van der Waals surface area contributed by atoms with Crippen molar-refractivity contribution in [1.29, 1.82) is 0 Å². The Morgan fingerprint density at radius 2 is 1.68 bits per heavy atom. The number of benzene rings is 2. The van der Waals surface area contributed by atoms with Gasteiger partial charge in [0.25, 0.3) is 11.8 Å². The third kappa shape index (κ3) is 4.73. The molecule has 0 fully saturated rings. The van der Waals surface area contributed by atoms with Crippen LogP contribution in [0.4, 0.5) is 0 Å². The molecule has 0 aliphatic carbocycles. The van der Waals surface area contributed by atoms with Crippen molar-refractivity contribution in [3.05, 3.63) is 70.9 Å². The van der Waals surface area contributed by atoms with Gasteiger partial charge in [-0.25, -0.2) is 0 Å². The van der Waals surface area contributed by atoms with Crippen molar-refractivity contribution in [2.75, 3.05) is 6.54 Å². The average molecular weight is 480 g/mol. The molecule has 34 heavy (non-hydrogen) atoms. The van der Waals surface area contributed by atoms with E-state index in [9.17, 15) is 14.4 Å². The van der Waals surface area contributed by atoms with E-state index in [4.69, 9.17) is 11.6 Å². The highest BCUT2D eigenvalue weighted by atomic mass is 35.5. The molecule has 178 valence electrons. The smallest absolute Gasteiger partial charge is 0.272 e. The van der Waals surface area contributed by atoms with Crippen LogP contribution in [0.3, 0.4) is 0 Å². The number of rotatable bonds is 5. The summed E-state index contributed by atoms with van der Waals surface area (Å²) in [7, 11) is 0. The van der Waals surface area contributed by atoms with E-state index in [1.54, 1.807) is 30.3 Å². The van der Waals surface area contributed by atoms with Gasteiger partial charge in [-0.1, -0.05) is 62.7 Å². The maximum atomic E-state index is 13.7. The van der Waals surface area contributed by atoms with Gasteiger partial charge in [-0.15, -0.1) is 0 Å². The number of amides is 2. The molecule has 3 aromatic rings. The van der Waals surface area contributed by atoms with Crippen LogP contribution in [0.25, 0.3) is 10.9 Å². The summed E-state index contributed by atoms with van der Waals surface area (Å²) in [4.78, 5) is 42.0. The van der Waals surface area contributed by atoms with Crippen LogP contribution in [-0.2, 0) is 4.79 Å². The molecule has 4 rings (SSSR count). The van der Waals surface area contributed by atoms with Crippen molar-refractivity contribution in [3.8, 4) is 0 Å². The van der Waals surface area contributed by atoms with Crippen LogP contribution < -0.4 is 5.32 Å². The largest absolute Gasteiger partial charge is 0.349 e. The summed E-state index contributed by atoms with van der Waals surface area (Å²) in [6.07, 6.45) is 0.736. The Morgan fingerprint density at radius 3 is 2.32 bits per heavy atom. The molecule has 0 spiro atoms. The number of aromatic nitrogens is 1. The lowest BCUT2D eigenvalue weighted by Crippen LogP contribution is -2.54. The Balaban J connectivity index is 1.75. The topological polar surface area (TPSA) is 71.4 Å². The molecule has 1 aliphatic heterocycles. The number of carbonyl (C=O) groups is 3. The van der Waals surface area contributed by atoms with Crippen LogP contribution >= 0.6 is 11.6 Å². The average Bonchev–Trinajstić information content (AvgIpc) is 3.11. The fourth-order valence-corrected chi connectivity index (χ4v) is 5.24. The highest BCUT2D eigenvalue weighted by Crippen LogP contribution is 2.32. The standard InChI is InChI=1S/C27H30ClN3O3/c1-26(2,3)16-27(4,5)29-24(33)23(17-10-12-19(28)13-11-17)30-15-22(32)31-20-9-7-6-8-18(20)14-21(31)25(30)34/h6-14,23H,15-16H2,1-5H3,(H,29,33). The molecule has 7 heteroatoms. The first-order valence-electron chi connectivity index (χ1n) is 11.4. The van der Waals surface area contributed by atoms with Crippen molar-refractivity contribution in [2.45, 2.75) is 52.6 Å². The quantitative estimate of drug-likeness (QED) is 0.528. The van der Waals surface area contributed by atoms with E-state index in [-0.39, 0.29) is 35.4 Å². The molecule has 2 amide bonds. The van der Waals surface area contributed by atoms with Crippen molar-refractivity contribution < 1.29 is 14.4 Å². The molecule has 0 radical (unpaired) electrons. The van der Waals surface area contributed by atoms with Gasteiger partial charge in [0.05, 0.1) is 5.52 Å². The summed E-state index contributed by atoms with van der Waals surface area (Å²) >= 11 is 6.09. The number of fused-ring (bicyclic) bond motifs is 3. The molecule has 1 atom stereocenters. The monoisotopic (exact) mass is 479 g/mol. The van der Waals surface area contributed by atoms with Crippen LogP contribution in [-0.4, -0.2) is 39.3 Å². The summed E-state index contributed by atoms with van der Waals surface area (Å²) in [6.45, 7) is 10.1. The molecule has 0 bridgehead atoms. The van der Waals surface area contributed by atoms with Gasteiger partial charge in [0.15, 0.2) is 0 Å². The molecule has 1 N–H and O–H groups in total. The minimum absolute atomic E-state index is 0.00953. The molecule has 1 unspecified atom stereocenters. The van der Waals surface area contributed by atoms with E-state index in [2.05, 4.69) is 26.1 Å². The van der Waals surface area contributed by atoms with E-state index >= 15 is 0 Å². The van der Waals surface area contributed by atoms with E-state index in [0.29, 0.717) is 16.1 Å². The second kappa shape index (κ2) is 8.58. The predicted octanol–water partition coefficient (Wildman–Crippen LogP) is 5.46. The first kappa shape index (κ1) is 24.0. The Hall–Kier alpha value is -3.12. The maximum absolute atomic E-state index is 13.7. The number of hydrogen-bond acceptors (Lipinski definition) is 3. The minimum atomic E-state index is -0.972. The lowest BCUT2D eigenvalue weighted by molar-refractivity contribution is -0.127. The Morgan fingerprint density at radius 1 is 1.03 bits per heavy atom. The van der Waals surface area contributed by atoms with E-state index in [1.807, 2.05) is 38.1 Å². The molecule has 1 aliphatic rings. The fraction of sp³-hybridized carbons (Fsp3) is 0.370. The van der Waals surface area contributed by atoms with E-state index in [0.717, 1.165) is 11.8 Å². The zero-order valence-corrected chi connectivity index (χ0v) is 20.9. The van der Waals surface area contributed by atoms with Crippen molar-refractivity contribution in [1.82, 2.24) is 14.8 Å². The first-order chi connectivity index (χ1) is 15.9. The molecule has 0 saturated carbocycles. The second-order valence-corrected chi connectivity index (χ2v) is 11.3. The summed E-state index contributed by atoms with van der Waals surface area (Å²) in [5, 5.41) is 4.46. The molecular weight excluding hydrogens is 450 g/mol. The molecule has 6 nitrogen and oxygen atoms in total. The highest BCUT2D eigenvalue weighted by Gasteiger charge is 2.41. The molecule has 2 aromatic carbocycles. The van der Waals surface area contributed by atoms with Gasteiger partial charge >= 0.3 is 0 Å². The van der Waals surface area contributed by atoms with Gasteiger partial charge in [-0.2, -0.15) is 0 Å². The van der Waals surface area contributed by atoms with E-state index < -0.39 is 11.6 Å². The normalized spacial score (nSPS) is 15.4. The van der Waals surface area contributed by atoms with Gasteiger partial charge in [0.1, 0.15) is 18.3 Å². The van der Waals surface area contributed by atoms with Crippen LogP contribution in [0.1, 0.15) is 67.9 Å². The highest BCUT2D eigenvalue weighted by molar-refractivity contribution is 6.30. The van der Waals surface area contributed by atoms with Crippen LogP contribution in [0.2, 0.25) is 5.02 Å². The number of nitrogens with one attached hydrogen (secondary N) is 1. The van der Waals surface area contributed by atoms with E-state index in [1.165, 1.54) is 9.47 Å². The number of carbonyl (C=O) groups excluding carboxylic acids is 3. The maximum Gasteiger partial charge on any atom is 0.272 e. The minimum Gasteiger partial charge on any atom is -0.349 e. The molecule has 1 aromatic heterocycles. The fourth-order valence-electron chi connectivity index (χ4n) is 5.11. The first-order valence-corrected chi connectivity index (χ1v) is 11.8. The zero-order chi connectivity index (χ0) is 24.8. The molecular formula is C27H30ClN3O3. The van der Waals surface area contributed by atoms with Gasteiger partial charge < -0.3 is 10.2 Å². The lowest BCUT2D eigenvalue weighted by atomic mass is 9.81. The molecule has 0 saturated heterocycles. The number of para-hydroxylation sites is 1. The van der Waals surface area contributed by atoms with Gasteiger partial charge in [0.2, 0.25) is 5.91 Å². The van der Waals surface area contributed by atoms with Gasteiger partial charge in [-0.05, 0) is 55.5 Å². The third-order valence-electron chi connectivity index (χ3n) is 5.93. The van der Waals surface area contributed by atoms with Crippen molar-refractivity contribution in [3.63, 3.8) is 0 Å². The van der Waals surface area contributed by atoms with Gasteiger partial charge in [-0.3, -0.25) is 19.0 Å². The SMILES string of the molecule is CC(C)(C)CC(C)(C)NC(=O)C(c1ccc(Cl)cc1)N1CC(=O)n2c(cc3ccccc32)C1=O. The summed E-state index contributed by atoms with van der Waals surface area (Å²) < 4.78 is 1.45. The number of hydrogen-bond donors (Lipinski definition) is 1. The van der Waals surface area contributed by atoms with Crippen LogP contribution in [0, 0.1) is 5.41 Å². The number of nitrogens with zero attached hydrogens (tertiary/aromatic N) is 2. The third-order valence-corrected chi connectivity index (χ3v) is 6.18. The summed E-state index contributed by atoms with van der Waals surface area (Å²) in [5.74, 6) is -0.946. The summed E-state index contributed by atoms with van der Waals surface area (Å²) in [6, 6.07) is 14.9. The Kier molecular flexibility index (Phi) is 6.06. The van der Waals surface area contributed by atoms with Crippen LogP contribution in [0.15, 0.2) is 54.6 Å².